The van der Waals surface area contributed by atoms with Gasteiger partial charge >= 0.3 is 0 Å². The molecule has 0 radical (unpaired) electrons. The van der Waals surface area contributed by atoms with Gasteiger partial charge in [-0.1, -0.05) is 33.1 Å². The van der Waals surface area contributed by atoms with E-state index in [0.29, 0.717) is 24.0 Å². The van der Waals surface area contributed by atoms with Crippen molar-refractivity contribution in [3.63, 3.8) is 0 Å². The van der Waals surface area contributed by atoms with Crippen LogP contribution in [0, 0.1) is 5.92 Å². The van der Waals surface area contributed by atoms with Gasteiger partial charge in [-0.05, 0) is 31.4 Å². The first-order valence-corrected chi connectivity index (χ1v) is 7.54. The standard InChI is InChI=1S/C15H24ClNO2/c1-4-6-7-12(5-2)10-17-15(18)14-9-8-13(19-14)11(3)16/h8-9,11-12H,4-7,10H2,1-3H3,(H,17,18). The molecule has 0 saturated heterocycles. The van der Waals surface area contributed by atoms with E-state index in [9.17, 15) is 4.79 Å². The van der Waals surface area contributed by atoms with Gasteiger partial charge in [0, 0.05) is 6.54 Å². The molecule has 0 fully saturated rings. The van der Waals surface area contributed by atoms with E-state index in [2.05, 4.69) is 19.2 Å². The second-order valence-corrected chi connectivity index (χ2v) is 5.60. The quantitative estimate of drug-likeness (QED) is 0.713. The van der Waals surface area contributed by atoms with Crippen LogP contribution in [0.5, 0.6) is 0 Å². The van der Waals surface area contributed by atoms with Gasteiger partial charge in [-0.3, -0.25) is 4.79 Å². The first-order chi connectivity index (χ1) is 9.08. The molecular weight excluding hydrogens is 262 g/mol. The number of carbonyl (C=O) groups is 1. The molecule has 108 valence electrons. The molecule has 1 heterocycles. The predicted octanol–water partition coefficient (Wildman–Crippen LogP) is 4.53. The van der Waals surface area contributed by atoms with E-state index in [4.69, 9.17) is 16.0 Å². The van der Waals surface area contributed by atoms with Crippen molar-refractivity contribution in [2.24, 2.45) is 5.92 Å². The largest absolute Gasteiger partial charge is 0.454 e. The summed E-state index contributed by atoms with van der Waals surface area (Å²) in [6.45, 7) is 6.87. The van der Waals surface area contributed by atoms with E-state index < -0.39 is 0 Å². The minimum absolute atomic E-state index is 0.154. The van der Waals surface area contributed by atoms with Crippen LogP contribution in [-0.4, -0.2) is 12.5 Å². The zero-order chi connectivity index (χ0) is 14.3. The van der Waals surface area contributed by atoms with E-state index in [0.717, 1.165) is 12.8 Å². The molecule has 1 aromatic rings. The fourth-order valence-electron chi connectivity index (χ4n) is 1.96. The number of nitrogens with one attached hydrogen (secondary N) is 1. The van der Waals surface area contributed by atoms with Crippen molar-refractivity contribution in [1.29, 1.82) is 0 Å². The molecule has 2 unspecified atom stereocenters. The highest BCUT2D eigenvalue weighted by molar-refractivity contribution is 6.20. The molecule has 0 aromatic carbocycles. The molecule has 2 atom stereocenters. The van der Waals surface area contributed by atoms with Crippen LogP contribution < -0.4 is 5.32 Å². The van der Waals surface area contributed by atoms with Crippen molar-refractivity contribution in [3.05, 3.63) is 23.7 Å². The van der Waals surface area contributed by atoms with Crippen LogP contribution in [-0.2, 0) is 0 Å². The zero-order valence-electron chi connectivity index (χ0n) is 12.0. The maximum Gasteiger partial charge on any atom is 0.287 e. The topological polar surface area (TPSA) is 42.2 Å². The molecule has 0 aliphatic heterocycles. The van der Waals surface area contributed by atoms with Gasteiger partial charge in [-0.15, -0.1) is 11.6 Å². The van der Waals surface area contributed by atoms with Crippen LogP contribution in [0.25, 0.3) is 0 Å². The first-order valence-electron chi connectivity index (χ1n) is 7.10. The van der Waals surface area contributed by atoms with E-state index in [1.807, 2.05) is 6.92 Å². The molecule has 0 aliphatic carbocycles. The predicted molar refractivity (Wildman–Crippen MR) is 78.6 cm³/mol. The second kappa shape index (κ2) is 8.26. The Morgan fingerprint density at radius 1 is 1.42 bits per heavy atom. The Hall–Kier alpha value is -0.960. The minimum Gasteiger partial charge on any atom is -0.454 e. The highest BCUT2D eigenvalue weighted by atomic mass is 35.5. The van der Waals surface area contributed by atoms with Crippen LogP contribution in [0.3, 0.4) is 0 Å². The highest BCUT2D eigenvalue weighted by Crippen LogP contribution is 2.21. The van der Waals surface area contributed by atoms with E-state index in [-0.39, 0.29) is 11.3 Å². The van der Waals surface area contributed by atoms with Gasteiger partial charge in [0.2, 0.25) is 0 Å². The normalized spacial score (nSPS) is 14.1. The molecule has 19 heavy (non-hydrogen) atoms. The van der Waals surface area contributed by atoms with Crippen LogP contribution in [0.2, 0.25) is 0 Å². The Labute approximate surface area is 120 Å². The molecule has 1 N–H and O–H groups in total. The summed E-state index contributed by atoms with van der Waals surface area (Å²) in [5.41, 5.74) is 0. The highest BCUT2D eigenvalue weighted by Gasteiger charge is 2.15. The number of carbonyl (C=O) groups excluding carboxylic acids is 1. The van der Waals surface area contributed by atoms with E-state index in [1.165, 1.54) is 12.8 Å². The number of hydrogen-bond donors (Lipinski definition) is 1. The number of rotatable bonds is 8. The van der Waals surface area contributed by atoms with Crippen molar-refractivity contribution in [2.45, 2.75) is 51.8 Å². The lowest BCUT2D eigenvalue weighted by Crippen LogP contribution is -2.28. The van der Waals surface area contributed by atoms with Crippen LogP contribution in [0.15, 0.2) is 16.5 Å². The molecule has 0 bridgehead atoms. The molecule has 0 aliphatic rings. The van der Waals surface area contributed by atoms with Gasteiger partial charge in [0.25, 0.3) is 5.91 Å². The van der Waals surface area contributed by atoms with E-state index in [1.54, 1.807) is 12.1 Å². The van der Waals surface area contributed by atoms with Gasteiger partial charge in [0.05, 0.1) is 5.38 Å². The number of alkyl halides is 1. The summed E-state index contributed by atoms with van der Waals surface area (Å²) in [4.78, 5) is 11.9. The van der Waals surface area contributed by atoms with Crippen molar-refractivity contribution < 1.29 is 9.21 Å². The van der Waals surface area contributed by atoms with Gasteiger partial charge in [-0.2, -0.15) is 0 Å². The number of amides is 1. The van der Waals surface area contributed by atoms with Crippen LogP contribution >= 0.6 is 11.6 Å². The Balaban J connectivity index is 2.45. The molecule has 3 nitrogen and oxygen atoms in total. The summed E-state index contributed by atoms with van der Waals surface area (Å²) in [5, 5.41) is 2.72. The lowest BCUT2D eigenvalue weighted by Gasteiger charge is -2.14. The van der Waals surface area contributed by atoms with E-state index >= 15 is 0 Å². The Morgan fingerprint density at radius 2 is 2.16 bits per heavy atom. The second-order valence-electron chi connectivity index (χ2n) is 4.94. The molecule has 4 heteroatoms. The lowest BCUT2D eigenvalue weighted by atomic mass is 9.99. The van der Waals surface area contributed by atoms with Gasteiger partial charge in [0.1, 0.15) is 5.76 Å². The van der Waals surface area contributed by atoms with Crippen LogP contribution in [0.1, 0.15) is 68.1 Å². The Kier molecular flexibility index (Phi) is 7.00. The molecule has 0 spiro atoms. The van der Waals surface area contributed by atoms with Gasteiger partial charge in [0.15, 0.2) is 5.76 Å². The number of unbranched alkanes of at least 4 members (excludes halogenated alkanes) is 1. The Morgan fingerprint density at radius 3 is 2.68 bits per heavy atom. The minimum atomic E-state index is -0.213. The van der Waals surface area contributed by atoms with Crippen LogP contribution in [0.4, 0.5) is 0 Å². The summed E-state index contributed by atoms with van der Waals surface area (Å²) in [5.74, 6) is 1.36. The number of furan rings is 1. The first kappa shape index (κ1) is 16.1. The third-order valence-electron chi connectivity index (χ3n) is 3.34. The fourth-order valence-corrected chi connectivity index (χ4v) is 2.07. The summed E-state index contributed by atoms with van der Waals surface area (Å²) < 4.78 is 5.41. The summed E-state index contributed by atoms with van der Waals surface area (Å²) in [6, 6.07) is 3.43. The summed E-state index contributed by atoms with van der Waals surface area (Å²) in [6.07, 6.45) is 4.65. The molecule has 1 rings (SSSR count). The van der Waals surface area contributed by atoms with Gasteiger partial charge < -0.3 is 9.73 Å². The zero-order valence-corrected chi connectivity index (χ0v) is 12.8. The smallest absolute Gasteiger partial charge is 0.287 e. The molecular formula is C15H24ClNO2. The summed E-state index contributed by atoms with van der Waals surface area (Å²) >= 11 is 5.90. The fraction of sp³-hybridized carbons (Fsp3) is 0.667. The van der Waals surface area contributed by atoms with Crippen molar-refractivity contribution in [2.75, 3.05) is 6.54 Å². The lowest BCUT2D eigenvalue weighted by molar-refractivity contribution is 0.0916. The van der Waals surface area contributed by atoms with Crippen molar-refractivity contribution in [1.82, 2.24) is 5.32 Å². The third-order valence-corrected chi connectivity index (χ3v) is 3.55. The van der Waals surface area contributed by atoms with Crippen molar-refractivity contribution in [3.8, 4) is 0 Å². The number of halogens is 1. The third kappa shape index (κ3) is 5.27. The Bertz CT molecular complexity index is 387. The van der Waals surface area contributed by atoms with Crippen molar-refractivity contribution >= 4 is 17.5 Å². The molecule has 0 saturated carbocycles. The maximum absolute atomic E-state index is 11.9. The van der Waals surface area contributed by atoms with Gasteiger partial charge in [-0.25, -0.2) is 0 Å². The number of hydrogen-bond acceptors (Lipinski definition) is 2. The molecule has 1 aromatic heterocycles. The maximum atomic E-state index is 11.9. The molecule has 1 amide bonds. The average Bonchev–Trinajstić information content (AvgIpc) is 2.88. The SMILES string of the molecule is CCCCC(CC)CNC(=O)c1ccc(C(C)Cl)o1. The monoisotopic (exact) mass is 285 g/mol. The summed E-state index contributed by atoms with van der Waals surface area (Å²) in [7, 11) is 0. The average molecular weight is 286 g/mol.